The predicted octanol–water partition coefficient (Wildman–Crippen LogP) is 2.05. The Morgan fingerprint density at radius 1 is 1.37 bits per heavy atom. The summed E-state index contributed by atoms with van der Waals surface area (Å²) >= 11 is 0. The second-order valence-electron chi connectivity index (χ2n) is 5.13. The van der Waals surface area contributed by atoms with Crippen LogP contribution >= 0.6 is 0 Å². The van der Waals surface area contributed by atoms with Crippen molar-refractivity contribution in [3.8, 4) is 0 Å². The van der Waals surface area contributed by atoms with Gasteiger partial charge in [-0.05, 0) is 24.8 Å². The second kappa shape index (κ2) is 7.58. The Hall–Kier alpha value is -0.970. The van der Waals surface area contributed by atoms with Gasteiger partial charge in [0.05, 0.1) is 13.2 Å². The maximum Gasteiger partial charge on any atom is 0.127 e. The fourth-order valence-electron chi connectivity index (χ4n) is 2.56. The first kappa shape index (κ1) is 14.4. The molecule has 0 aromatic heterocycles. The SMILES string of the molecule is OCCN(Cc1ccccc1F)CC1CCCOC1. The molecule has 1 aliphatic rings. The van der Waals surface area contributed by atoms with E-state index in [-0.39, 0.29) is 12.4 Å². The molecule has 19 heavy (non-hydrogen) atoms. The molecule has 1 aliphatic heterocycles. The number of hydrogen-bond donors (Lipinski definition) is 1. The summed E-state index contributed by atoms with van der Waals surface area (Å²) in [6.07, 6.45) is 2.25. The van der Waals surface area contributed by atoms with Crippen LogP contribution in [0.2, 0.25) is 0 Å². The number of rotatable bonds is 6. The van der Waals surface area contributed by atoms with Crippen LogP contribution < -0.4 is 0 Å². The fraction of sp³-hybridized carbons (Fsp3) is 0.600. The van der Waals surface area contributed by atoms with E-state index in [0.29, 0.717) is 24.6 Å². The molecule has 1 aromatic rings. The lowest BCUT2D eigenvalue weighted by Crippen LogP contribution is -2.35. The number of aliphatic hydroxyl groups is 1. The Morgan fingerprint density at radius 2 is 2.21 bits per heavy atom. The van der Waals surface area contributed by atoms with Gasteiger partial charge in [-0.15, -0.1) is 0 Å². The molecule has 0 spiro atoms. The lowest BCUT2D eigenvalue weighted by molar-refractivity contribution is 0.0343. The van der Waals surface area contributed by atoms with Crippen LogP contribution in [0.25, 0.3) is 0 Å². The van der Waals surface area contributed by atoms with Gasteiger partial charge >= 0.3 is 0 Å². The van der Waals surface area contributed by atoms with E-state index in [2.05, 4.69) is 4.90 Å². The summed E-state index contributed by atoms with van der Waals surface area (Å²) in [4.78, 5) is 2.11. The van der Waals surface area contributed by atoms with Gasteiger partial charge in [0.2, 0.25) is 0 Å². The third kappa shape index (κ3) is 4.56. The van der Waals surface area contributed by atoms with E-state index < -0.39 is 0 Å². The predicted molar refractivity (Wildman–Crippen MR) is 72.3 cm³/mol. The van der Waals surface area contributed by atoms with Crippen molar-refractivity contribution < 1.29 is 14.2 Å². The Bertz CT molecular complexity index is 380. The molecule has 1 unspecified atom stereocenters. The van der Waals surface area contributed by atoms with E-state index in [9.17, 15) is 4.39 Å². The summed E-state index contributed by atoms with van der Waals surface area (Å²) in [6.45, 7) is 3.70. The van der Waals surface area contributed by atoms with Crippen LogP contribution in [0.5, 0.6) is 0 Å². The zero-order valence-corrected chi connectivity index (χ0v) is 11.2. The minimum Gasteiger partial charge on any atom is -0.395 e. The third-order valence-corrected chi connectivity index (χ3v) is 3.54. The summed E-state index contributed by atoms with van der Waals surface area (Å²) in [5.41, 5.74) is 0.688. The van der Waals surface area contributed by atoms with Crippen LogP contribution in [0.15, 0.2) is 24.3 Å². The molecule has 0 bridgehead atoms. The fourth-order valence-corrected chi connectivity index (χ4v) is 2.56. The van der Waals surface area contributed by atoms with Crippen molar-refractivity contribution in [2.45, 2.75) is 19.4 Å². The first-order valence-electron chi connectivity index (χ1n) is 6.94. The number of ether oxygens (including phenoxy) is 1. The van der Waals surface area contributed by atoms with Crippen LogP contribution in [-0.2, 0) is 11.3 Å². The van der Waals surface area contributed by atoms with Crippen LogP contribution in [0.1, 0.15) is 18.4 Å². The standard InChI is InChI=1S/C15H22FNO2/c16-15-6-2-1-5-14(15)11-17(7-8-18)10-13-4-3-9-19-12-13/h1-2,5-6,13,18H,3-4,7-12H2. The van der Waals surface area contributed by atoms with Crippen LogP contribution in [-0.4, -0.2) is 42.9 Å². The van der Waals surface area contributed by atoms with Crippen molar-refractivity contribution in [2.24, 2.45) is 5.92 Å². The second-order valence-corrected chi connectivity index (χ2v) is 5.13. The van der Waals surface area contributed by atoms with Gasteiger partial charge in [-0.25, -0.2) is 4.39 Å². The smallest absolute Gasteiger partial charge is 0.127 e. The molecule has 0 radical (unpaired) electrons. The molecule has 0 amide bonds. The monoisotopic (exact) mass is 267 g/mol. The van der Waals surface area contributed by atoms with E-state index in [1.165, 1.54) is 6.07 Å². The van der Waals surface area contributed by atoms with E-state index in [4.69, 9.17) is 9.84 Å². The summed E-state index contributed by atoms with van der Waals surface area (Å²) in [5, 5.41) is 9.15. The highest BCUT2D eigenvalue weighted by molar-refractivity contribution is 5.17. The van der Waals surface area contributed by atoms with Crippen molar-refractivity contribution in [1.29, 1.82) is 0 Å². The summed E-state index contributed by atoms with van der Waals surface area (Å²) in [7, 11) is 0. The largest absolute Gasteiger partial charge is 0.395 e. The summed E-state index contributed by atoms with van der Waals surface area (Å²) < 4.78 is 19.1. The van der Waals surface area contributed by atoms with Gasteiger partial charge in [-0.2, -0.15) is 0 Å². The van der Waals surface area contributed by atoms with E-state index >= 15 is 0 Å². The average Bonchev–Trinajstić information content (AvgIpc) is 2.43. The van der Waals surface area contributed by atoms with Crippen molar-refractivity contribution >= 4 is 0 Å². The number of aliphatic hydroxyl groups excluding tert-OH is 1. The summed E-state index contributed by atoms with van der Waals surface area (Å²) in [5.74, 6) is 0.317. The highest BCUT2D eigenvalue weighted by Gasteiger charge is 2.18. The van der Waals surface area contributed by atoms with E-state index in [1.807, 2.05) is 6.07 Å². The molecule has 106 valence electrons. The Labute approximate surface area is 114 Å². The minimum atomic E-state index is -0.176. The molecule has 4 heteroatoms. The number of hydrogen-bond acceptors (Lipinski definition) is 3. The maximum absolute atomic E-state index is 13.7. The normalized spacial score (nSPS) is 19.8. The first-order chi connectivity index (χ1) is 9.29. The van der Waals surface area contributed by atoms with Crippen molar-refractivity contribution in [3.05, 3.63) is 35.6 Å². The van der Waals surface area contributed by atoms with Crippen LogP contribution in [0.3, 0.4) is 0 Å². The van der Waals surface area contributed by atoms with Gasteiger partial charge in [-0.1, -0.05) is 18.2 Å². The van der Waals surface area contributed by atoms with Crippen molar-refractivity contribution in [3.63, 3.8) is 0 Å². The highest BCUT2D eigenvalue weighted by Crippen LogP contribution is 2.17. The van der Waals surface area contributed by atoms with Crippen molar-refractivity contribution in [1.82, 2.24) is 4.90 Å². The molecular weight excluding hydrogens is 245 g/mol. The van der Waals surface area contributed by atoms with Crippen LogP contribution in [0.4, 0.5) is 4.39 Å². The molecular formula is C15H22FNO2. The van der Waals surface area contributed by atoms with Gasteiger partial charge in [0, 0.05) is 31.8 Å². The Kier molecular flexibility index (Phi) is 5.76. The Morgan fingerprint density at radius 3 is 2.89 bits per heavy atom. The molecule has 3 nitrogen and oxygen atoms in total. The van der Waals surface area contributed by atoms with Gasteiger partial charge < -0.3 is 9.84 Å². The van der Waals surface area contributed by atoms with Gasteiger partial charge in [-0.3, -0.25) is 4.90 Å². The number of benzene rings is 1. The minimum absolute atomic E-state index is 0.0992. The molecule has 0 aliphatic carbocycles. The number of nitrogens with zero attached hydrogens (tertiary/aromatic N) is 1. The molecule has 1 saturated heterocycles. The highest BCUT2D eigenvalue weighted by atomic mass is 19.1. The van der Waals surface area contributed by atoms with Crippen LogP contribution in [0, 0.1) is 11.7 Å². The first-order valence-corrected chi connectivity index (χ1v) is 6.94. The molecule has 0 saturated carbocycles. The average molecular weight is 267 g/mol. The zero-order chi connectivity index (χ0) is 13.5. The molecule has 1 fully saturated rings. The van der Waals surface area contributed by atoms with Crippen molar-refractivity contribution in [2.75, 3.05) is 32.9 Å². The molecule has 1 aromatic carbocycles. The van der Waals surface area contributed by atoms with Gasteiger partial charge in [0.1, 0.15) is 5.82 Å². The van der Waals surface area contributed by atoms with E-state index in [0.717, 1.165) is 32.6 Å². The lowest BCUT2D eigenvalue weighted by atomic mass is 10.0. The zero-order valence-electron chi connectivity index (χ0n) is 11.2. The molecule has 2 rings (SSSR count). The quantitative estimate of drug-likeness (QED) is 0.856. The third-order valence-electron chi connectivity index (χ3n) is 3.54. The maximum atomic E-state index is 13.7. The molecule has 1 atom stereocenters. The molecule has 1 heterocycles. The molecule has 1 N–H and O–H groups in total. The topological polar surface area (TPSA) is 32.7 Å². The van der Waals surface area contributed by atoms with E-state index in [1.54, 1.807) is 12.1 Å². The summed E-state index contributed by atoms with van der Waals surface area (Å²) in [6, 6.07) is 6.83. The number of halogens is 1. The van der Waals surface area contributed by atoms with Gasteiger partial charge in [0.15, 0.2) is 0 Å². The Balaban J connectivity index is 1.93. The van der Waals surface area contributed by atoms with Gasteiger partial charge in [0.25, 0.3) is 0 Å². The lowest BCUT2D eigenvalue weighted by Gasteiger charge is -2.29.